The van der Waals surface area contributed by atoms with Gasteiger partial charge in [-0.05, 0) is 49.4 Å². The van der Waals surface area contributed by atoms with Gasteiger partial charge in [0.2, 0.25) is 0 Å². The van der Waals surface area contributed by atoms with E-state index < -0.39 is 0 Å². The summed E-state index contributed by atoms with van der Waals surface area (Å²) >= 11 is 0. The molecular weight excluding hydrogens is 382 g/mol. The van der Waals surface area contributed by atoms with Crippen LogP contribution in [-0.2, 0) is 13.1 Å². The Morgan fingerprint density at radius 3 is 2.21 bits per heavy atom. The van der Waals surface area contributed by atoms with Crippen molar-refractivity contribution in [2.45, 2.75) is 32.4 Å². The fourth-order valence-electron chi connectivity index (χ4n) is 3.97. The van der Waals surface area contributed by atoms with Crippen LogP contribution < -0.4 is 5.56 Å². The SMILES string of the molecule is Cl.O=c1cc(-c2ccccc2)cnn1CCC1CCN(Cc2ccccc2)CC1. The number of halogens is 1. The minimum atomic E-state index is -0.0112. The minimum absolute atomic E-state index is 0. The Morgan fingerprint density at radius 1 is 0.897 bits per heavy atom. The van der Waals surface area contributed by atoms with Crippen LogP contribution in [0.25, 0.3) is 11.1 Å². The van der Waals surface area contributed by atoms with Crippen LogP contribution in [0.1, 0.15) is 24.8 Å². The molecule has 0 atom stereocenters. The number of nitrogens with zero attached hydrogens (tertiary/aromatic N) is 3. The van der Waals surface area contributed by atoms with E-state index in [-0.39, 0.29) is 18.0 Å². The molecule has 1 aromatic heterocycles. The molecule has 1 saturated heterocycles. The maximum absolute atomic E-state index is 12.4. The zero-order valence-electron chi connectivity index (χ0n) is 16.6. The standard InChI is InChI=1S/C24H27N3O.ClH/c28-24-17-23(22-9-5-2-6-10-22)18-25-27(24)16-13-20-11-14-26(15-12-20)19-21-7-3-1-4-8-21;/h1-10,17-18,20H,11-16,19H2;1H. The fourth-order valence-corrected chi connectivity index (χ4v) is 3.97. The topological polar surface area (TPSA) is 38.1 Å². The van der Waals surface area contributed by atoms with Gasteiger partial charge >= 0.3 is 0 Å². The maximum atomic E-state index is 12.4. The first-order valence-electron chi connectivity index (χ1n) is 10.2. The van der Waals surface area contributed by atoms with Gasteiger partial charge in [0.05, 0.1) is 6.20 Å². The molecule has 0 radical (unpaired) electrons. The molecule has 0 aliphatic carbocycles. The molecule has 0 saturated carbocycles. The van der Waals surface area contributed by atoms with E-state index in [0.717, 1.165) is 37.2 Å². The van der Waals surface area contributed by atoms with Gasteiger partial charge in [0.25, 0.3) is 5.56 Å². The van der Waals surface area contributed by atoms with Crippen LogP contribution in [-0.4, -0.2) is 27.8 Å². The molecule has 1 aliphatic rings. The van der Waals surface area contributed by atoms with Gasteiger partial charge in [-0.3, -0.25) is 9.69 Å². The fraction of sp³-hybridized carbons (Fsp3) is 0.333. The van der Waals surface area contributed by atoms with Gasteiger partial charge < -0.3 is 0 Å². The molecule has 0 spiro atoms. The lowest BCUT2D eigenvalue weighted by molar-refractivity contribution is 0.168. The van der Waals surface area contributed by atoms with E-state index in [1.165, 1.54) is 18.4 Å². The van der Waals surface area contributed by atoms with Gasteiger partial charge in [-0.25, -0.2) is 4.68 Å². The molecular formula is C24H28ClN3O. The third-order valence-electron chi connectivity index (χ3n) is 5.68. The van der Waals surface area contributed by atoms with Crippen LogP contribution in [0, 0.1) is 5.92 Å². The third kappa shape index (κ3) is 5.78. The highest BCUT2D eigenvalue weighted by Gasteiger charge is 2.19. The largest absolute Gasteiger partial charge is 0.299 e. The van der Waals surface area contributed by atoms with E-state index in [2.05, 4.69) is 40.3 Å². The number of aryl methyl sites for hydroxylation is 1. The molecule has 4 rings (SSSR count). The second kappa shape index (κ2) is 10.4. The summed E-state index contributed by atoms with van der Waals surface area (Å²) in [4.78, 5) is 15.0. The normalized spacial score (nSPS) is 15.0. The summed E-state index contributed by atoms with van der Waals surface area (Å²) in [5.41, 5.74) is 3.29. The van der Waals surface area contributed by atoms with Crippen molar-refractivity contribution in [2.75, 3.05) is 13.1 Å². The van der Waals surface area contributed by atoms with Crippen LogP contribution >= 0.6 is 12.4 Å². The summed E-state index contributed by atoms with van der Waals surface area (Å²) in [7, 11) is 0. The summed E-state index contributed by atoms with van der Waals surface area (Å²) in [5.74, 6) is 0.675. The Balaban J connectivity index is 0.00000240. The molecule has 1 fully saturated rings. The average molecular weight is 410 g/mol. The molecule has 0 unspecified atom stereocenters. The smallest absolute Gasteiger partial charge is 0.267 e. The zero-order chi connectivity index (χ0) is 19.2. The first-order chi connectivity index (χ1) is 13.8. The van der Waals surface area contributed by atoms with E-state index in [1.807, 2.05) is 30.3 Å². The maximum Gasteiger partial charge on any atom is 0.267 e. The lowest BCUT2D eigenvalue weighted by Crippen LogP contribution is -2.34. The van der Waals surface area contributed by atoms with Crippen molar-refractivity contribution < 1.29 is 0 Å². The van der Waals surface area contributed by atoms with Crippen molar-refractivity contribution in [2.24, 2.45) is 5.92 Å². The first-order valence-corrected chi connectivity index (χ1v) is 10.2. The van der Waals surface area contributed by atoms with Gasteiger partial charge in [0, 0.05) is 24.7 Å². The van der Waals surface area contributed by atoms with Gasteiger partial charge in [-0.1, -0.05) is 60.7 Å². The number of likely N-dealkylation sites (tertiary alicyclic amines) is 1. The van der Waals surface area contributed by atoms with E-state index in [4.69, 9.17) is 0 Å². The van der Waals surface area contributed by atoms with E-state index in [0.29, 0.717) is 12.5 Å². The van der Waals surface area contributed by atoms with E-state index in [9.17, 15) is 4.79 Å². The van der Waals surface area contributed by atoms with Gasteiger partial charge in [0.1, 0.15) is 0 Å². The molecule has 152 valence electrons. The second-order valence-corrected chi connectivity index (χ2v) is 7.67. The predicted molar refractivity (Wildman–Crippen MR) is 120 cm³/mol. The highest BCUT2D eigenvalue weighted by molar-refractivity contribution is 5.85. The number of benzene rings is 2. The highest BCUT2D eigenvalue weighted by atomic mass is 35.5. The van der Waals surface area contributed by atoms with E-state index >= 15 is 0 Å². The Morgan fingerprint density at radius 2 is 1.55 bits per heavy atom. The van der Waals surface area contributed by atoms with Gasteiger partial charge in [-0.15, -0.1) is 12.4 Å². The number of rotatable bonds is 6. The molecule has 1 aliphatic heterocycles. The Labute approximate surface area is 178 Å². The zero-order valence-corrected chi connectivity index (χ0v) is 17.4. The molecule has 2 aromatic carbocycles. The van der Waals surface area contributed by atoms with Crippen LogP contribution in [0.5, 0.6) is 0 Å². The quantitative estimate of drug-likeness (QED) is 0.595. The van der Waals surface area contributed by atoms with Crippen molar-refractivity contribution in [1.82, 2.24) is 14.7 Å². The van der Waals surface area contributed by atoms with Crippen LogP contribution in [0.15, 0.2) is 77.7 Å². The summed E-state index contributed by atoms with van der Waals surface area (Å²) in [6.07, 6.45) is 5.23. The summed E-state index contributed by atoms with van der Waals surface area (Å²) in [5, 5.41) is 4.40. The summed E-state index contributed by atoms with van der Waals surface area (Å²) in [6.45, 7) is 4.01. The first kappa shape index (κ1) is 21.3. The number of hydrogen-bond donors (Lipinski definition) is 0. The molecule has 5 heteroatoms. The summed E-state index contributed by atoms with van der Waals surface area (Å²) < 4.78 is 1.61. The lowest BCUT2D eigenvalue weighted by Gasteiger charge is -2.32. The molecule has 0 amide bonds. The van der Waals surface area contributed by atoms with Crippen LogP contribution in [0.4, 0.5) is 0 Å². The van der Waals surface area contributed by atoms with E-state index in [1.54, 1.807) is 16.9 Å². The minimum Gasteiger partial charge on any atom is -0.299 e. The Hall–Kier alpha value is -2.43. The third-order valence-corrected chi connectivity index (χ3v) is 5.68. The monoisotopic (exact) mass is 409 g/mol. The second-order valence-electron chi connectivity index (χ2n) is 7.67. The molecule has 3 aromatic rings. The van der Waals surface area contributed by atoms with Crippen LogP contribution in [0.3, 0.4) is 0 Å². The average Bonchev–Trinajstić information content (AvgIpc) is 2.75. The summed E-state index contributed by atoms with van der Waals surface area (Å²) in [6, 6.07) is 22.3. The van der Waals surface area contributed by atoms with Crippen molar-refractivity contribution in [3.63, 3.8) is 0 Å². The molecule has 4 nitrogen and oxygen atoms in total. The van der Waals surface area contributed by atoms with Crippen molar-refractivity contribution in [3.8, 4) is 11.1 Å². The Bertz CT molecular complexity index is 935. The number of hydrogen-bond acceptors (Lipinski definition) is 3. The molecule has 29 heavy (non-hydrogen) atoms. The molecule has 0 N–H and O–H groups in total. The number of aromatic nitrogens is 2. The highest BCUT2D eigenvalue weighted by Crippen LogP contribution is 2.22. The lowest BCUT2D eigenvalue weighted by atomic mass is 9.93. The molecule has 2 heterocycles. The Kier molecular flexibility index (Phi) is 7.62. The van der Waals surface area contributed by atoms with Crippen molar-refractivity contribution in [3.05, 3.63) is 88.8 Å². The van der Waals surface area contributed by atoms with Crippen molar-refractivity contribution >= 4 is 12.4 Å². The van der Waals surface area contributed by atoms with Gasteiger partial charge in [-0.2, -0.15) is 5.10 Å². The van der Waals surface area contributed by atoms with Gasteiger partial charge in [0.15, 0.2) is 0 Å². The molecule has 0 bridgehead atoms. The number of piperidine rings is 1. The van der Waals surface area contributed by atoms with Crippen molar-refractivity contribution in [1.29, 1.82) is 0 Å². The predicted octanol–water partition coefficient (Wildman–Crippen LogP) is 4.63. The van der Waals surface area contributed by atoms with Crippen LogP contribution in [0.2, 0.25) is 0 Å².